The van der Waals surface area contributed by atoms with Crippen molar-refractivity contribution in [2.75, 3.05) is 20.3 Å². The lowest BCUT2D eigenvalue weighted by Gasteiger charge is -2.37. The number of nitrogens with one attached hydrogen (secondary N) is 1. The number of nitrogens with zero attached hydrogens (tertiary/aromatic N) is 3. The largest absolute Gasteiger partial charge is 0.385 e. The van der Waals surface area contributed by atoms with Crippen LogP contribution < -0.4 is 5.32 Å². The van der Waals surface area contributed by atoms with Gasteiger partial charge in [-0.2, -0.15) is 4.98 Å². The minimum absolute atomic E-state index is 0.295. The van der Waals surface area contributed by atoms with Crippen molar-refractivity contribution in [3.05, 3.63) is 77.1 Å². The molecular weight excluding hydrogens is 439 g/mol. The minimum atomic E-state index is -0.340. The van der Waals surface area contributed by atoms with Crippen molar-refractivity contribution in [1.82, 2.24) is 20.4 Å². The van der Waals surface area contributed by atoms with Crippen molar-refractivity contribution < 1.29 is 13.7 Å². The highest BCUT2D eigenvalue weighted by Crippen LogP contribution is 2.37. The fourth-order valence-corrected chi connectivity index (χ4v) is 4.29. The van der Waals surface area contributed by atoms with Crippen LogP contribution in [0, 0.1) is 5.82 Å². The predicted octanol–water partition coefficient (Wildman–Crippen LogP) is 5.14. The summed E-state index contributed by atoms with van der Waals surface area (Å²) in [5.74, 6) is 0.629. The maximum Gasteiger partial charge on any atom is 0.258 e. The first-order valence-corrected chi connectivity index (χ1v) is 11.4. The summed E-state index contributed by atoms with van der Waals surface area (Å²) >= 11 is 5.66. The Hall–Kier alpha value is -3.10. The molecule has 33 heavy (non-hydrogen) atoms. The summed E-state index contributed by atoms with van der Waals surface area (Å²) in [4.78, 5) is 6.73. The van der Waals surface area contributed by atoms with Crippen molar-refractivity contribution in [2.45, 2.75) is 32.7 Å². The van der Waals surface area contributed by atoms with Crippen LogP contribution in [0.3, 0.4) is 0 Å². The number of hydrogen-bond donors (Lipinski definition) is 1. The van der Waals surface area contributed by atoms with Crippen LogP contribution in [0.1, 0.15) is 43.3 Å². The Balaban J connectivity index is 1.74. The summed E-state index contributed by atoms with van der Waals surface area (Å²) in [5.41, 5.74) is 4.72. The van der Waals surface area contributed by atoms with E-state index in [1.807, 2.05) is 24.0 Å². The molecule has 1 atom stereocenters. The number of methoxy groups -OCH3 is 1. The van der Waals surface area contributed by atoms with E-state index >= 15 is 0 Å². The predicted molar refractivity (Wildman–Crippen MR) is 130 cm³/mol. The first kappa shape index (κ1) is 23.1. The highest BCUT2D eigenvalue weighted by molar-refractivity contribution is 7.80. The third-order valence-corrected chi connectivity index (χ3v) is 6.14. The van der Waals surface area contributed by atoms with E-state index in [0.29, 0.717) is 30.0 Å². The molecule has 1 aliphatic rings. The van der Waals surface area contributed by atoms with Crippen LogP contribution in [-0.4, -0.2) is 40.4 Å². The van der Waals surface area contributed by atoms with Crippen LogP contribution in [-0.2, 0) is 11.2 Å². The molecule has 1 aliphatic heterocycles. The number of aromatic nitrogens is 2. The van der Waals surface area contributed by atoms with Gasteiger partial charge in [0.2, 0.25) is 5.82 Å². The van der Waals surface area contributed by atoms with E-state index in [0.717, 1.165) is 35.2 Å². The number of ether oxygens (including phenoxy) is 1. The molecule has 1 N–H and O–H groups in total. The molecule has 6 nitrogen and oxygen atoms in total. The molecule has 0 spiro atoms. The van der Waals surface area contributed by atoms with Gasteiger partial charge in [0.1, 0.15) is 5.82 Å². The van der Waals surface area contributed by atoms with Crippen molar-refractivity contribution >= 4 is 22.9 Å². The normalized spacial score (nSPS) is 16.3. The maximum absolute atomic E-state index is 13.6. The van der Waals surface area contributed by atoms with Crippen LogP contribution in [0.2, 0.25) is 0 Å². The molecule has 0 saturated carbocycles. The number of thiocarbonyl (C=S) groups is 1. The van der Waals surface area contributed by atoms with E-state index in [2.05, 4.69) is 29.5 Å². The van der Waals surface area contributed by atoms with Gasteiger partial charge in [-0.3, -0.25) is 0 Å². The topological polar surface area (TPSA) is 63.4 Å². The molecule has 0 radical (unpaired) electrons. The second-order valence-electron chi connectivity index (χ2n) is 7.90. The van der Waals surface area contributed by atoms with Crippen LogP contribution in [0.5, 0.6) is 0 Å². The summed E-state index contributed by atoms with van der Waals surface area (Å²) in [6, 6.07) is 14.1. The van der Waals surface area contributed by atoms with E-state index in [1.54, 1.807) is 19.2 Å². The summed E-state index contributed by atoms with van der Waals surface area (Å²) < 4.78 is 24.5. The molecule has 0 saturated heterocycles. The molecule has 0 amide bonds. The summed E-state index contributed by atoms with van der Waals surface area (Å²) in [5, 5.41) is 8.21. The highest BCUT2D eigenvalue weighted by atomic mass is 32.1. The van der Waals surface area contributed by atoms with Gasteiger partial charge in [0.05, 0.1) is 11.6 Å². The number of aryl methyl sites for hydroxylation is 1. The lowest BCUT2D eigenvalue weighted by atomic mass is 9.94. The van der Waals surface area contributed by atoms with Gasteiger partial charge in [-0.25, -0.2) is 4.39 Å². The highest BCUT2D eigenvalue weighted by Gasteiger charge is 2.33. The minimum Gasteiger partial charge on any atom is -0.385 e. The zero-order valence-electron chi connectivity index (χ0n) is 19.0. The summed E-state index contributed by atoms with van der Waals surface area (Å²) in [6.45, 7) is 5.42. The van der Waals surface area contributed by atoms with Gasteiger partial charge in [0.15, 0.2) is 5.11 Å². The third kappa shape index (κ3) is 4.96. The SMILES string of the molecule is CCc1ccc(-c2noc(C3=C(C)N(CCCOC)C(=S)NC3c3ccc(F)cc3)n2)cc1. The van der Waals surface area contributed by atoms with Gasteiger partial charge < -0.3 is 19.5 Å². The Bertz CT molecular complexity index is 1140. The smallest absolute Gasteiger partial charge is 0.258 e. The Morgan fingerprint density at radius 2 is 1.88 bits per heavy atom. The molecule has 4 rings (SSSR count). The van der Waals surface area contributed by atoms with E-state index in [9.17, 15) is 4.39 Å². The Labute approximate surface area is 198 Å². The molecule has 1 aromatic heterocycles. The first-order chi connectivity index (χ1) is 16.0. The maximum atomic E-state index is 13.6. The van der Waals surface area contributed by atoms with Gasteiger partial charge in [-0.1, -0.05) is 48.5 Å². The molecule has 0 aliphatic carbocycles. The molecule has 1 unspecified atom stereocenters. The number of benzene rings is 2. The van der Waals surface area contributed by atoms with Crippen molar-refractivity contribution in [1.29, 1.82) is 0 Å². The Morgan fingerprint density at radius 3 is 2.55 bits per heavy atom. The monoisotopic (exact) mass is 466 g/mol. The van der Waals surface area contributed by atoms with Crippen LogP contribution in [0.4, 0.5) is 4.39 Å². The summed E-state index contributed by atoms with van der Waals surface area (Å²) in [7, 11) is 1.68. The lowest BCUT2D eigenvalue weighted by molar-refractivity contribution is 0.188. The summed E-state index contributed by atoms with van der Waals surface area (Å²) in [6.07, 6.45) is 1.77. The quantitative estimate of drug-likeness (QED) is 0.364. The van der Waals surface area contributed by atoms with Crippen molar-refractivity contribution in [2.24, 2.45) is 0 Å². The standard InChI is InChI=1S/C25H27FN4O2S/c1-4-17-6-8-19(9-7-17)23-28-24(32-29-23)21-16(2)30(14-5-15-31-3)25(33)27-22(21)18-10-12-20(26)13-11-18/h6-13,22H,4-5,14-15H2,1-3H3,(H,27,33). The van der Waals surface area contributed by atoms with E-state index < -0.39 is 0 Å². The van der Waals surface area contributed by atoms with Gasteiger partial charge >= 0.3 is 0 Å². The number of halogens is 1. The van der Waals surface area contributed by atoms with Crippen LogP contribution >= 0.6 is 12.2 Å². The molecule has 0 fully saturated rings. The molecule has 8 heteroatoms. The lowest BCUT2D eigenvalue weighted by Crippen LogP contribution is -2.46. The molecular formula is C25H27FN4O2S. The van der Waals surface area contributed by atoms with Crippen LogP contribution in [0.15, 0.2) is 58.8 Å². The van der Waals surface area contributed by atoms with Gasteiger partial charge in [0, 0.05) is 31.5 Å². The zero-order chi connectivity index (χ0) is 23.4. The molecule has 0 bridgehead atoms. The zero-order valence-corrected chi connectivity index (χ0v) is 19.8. The Kier molecular flexibility index (Phi) is 7.15. The first-order valence-electron chi connectivity index (χ1n) is 11.0. The Morgan fingerprint density at radius 1 is 1.15 bits per heavy atom. The molecule has 3 aromatic rings. The van der Waals surface area contributed by atoms with Crippen molar-refractivity contribution in [3.63, 3.8) is 0 Å². The molecule has 2 heterocycles. The van der Waals surface area contributed by atoms with E-state index in [1.165, 1.54) is 17.7 Å². The number of allylic oxidation sites excluding steroid dienone is 1. The molecule has 172 valence electrons. The average molecular weight is 467 g/mol. The van der Waals surface area contributed by atoms with E-state index in [4.69, 9.17) is 26.5 Å². The van der Waals surface area contributed by atoms with Crippen LogP contribution in [0.25, 0.3) is 17.0 Å². The van der Waals surface area contributed by atoms with Gasteiger partial charge in [-0.15, -0.1) is 0 Å². The molecule has 2 aromatic carbocycles. The fraction of sp³-hybridized carbons (Fsp3) is 0.320. The second-order valence-corrected chi connectivity index (χ2v) is 8.29. The van der Waals surface area contributed by atoms with E-state index in [-0.39, 0.29) is 11.9 Å². The van der Waals surface area contributed by atoms with Gasteiger partial charge in [-0.05, 0) is 55.2 Å². The third-order valence-electron chi connectivity index (χ3n) is 5.81. The second kappa shape index (κ2) is 10.2. The number of rotatable bonds is 8. The number of hydrogen-bond acceptors (Lipinski definition) is 5. The van der Waals surface area contributed by atoms with Gasteiger partial charge in [0.25, 0.3) is 5.89 Å². The van der Waals surface area contributed by atoms with Crippen molar-refractivity contribution in [3.8, 4) is 11.4 Å². The average Bonchev–Trinajstić information content (AvgIpc) is 3.31. The fourth-order valence-electron chi connectivity index (χ4n) is 3.94.